The number of amides is 3. The van der Waals surface area contributed by atoms with Gasteiger partial charge in [0.25, 0.3) is 5.91 Å². The van der Waals surface area contributed by atoms with Gasteiger partial charge in [0.15, 0.2) is 6.61 Å². The number of hydrogen-bond donors (Lipinski definition) is 1. The van der Waals surface area contributed by atoms with Crippen LogP contribution in [0.4, 0.5) is 0 Å². The third kappa shape index (κ3) is 3.13. The number of likely N-dealkylation sites (tertiary alicyclic amines) is 1. The van der Waals surface area contributed by atoms with Gasteiger partial charge >= 0.3 is 5.97 Å². The molecule has 0 aromatic heterocycles. The monoisotopic (exact) mass is 320 g/mol. The van der Waals surface area contributed by atoms with Crippen molar-refractivity contribution in [3.63, 3.8) is 0 Å². The van der Waals surface area contributed by atoms with Crippen molar-refractivity contribution in [3.8, 4) is 0 Å². The van der Waals surface area contributed by atoms with Gasteiger partial charge in [0.1, 0.15) is 6.04 Å². The molecule has 0 radical (unpaired) electrons. The molecule has 124 valence electrons. The van der Waals surface area contributed by atoms with E-state index in [1.165, 1.54) is 6.92 Å². The lowest BCUT2D eigenvalue weighted by Gasteiger charge is -2.21. The van der Waals surface area contributed by atoms with Crippen LogP contribution in [0.3, 0.4) is 0 Å². The van der Waals surface area contributed by atoms with Crippen LogP contribution in [0, 0.1) is 11.8 Å². The SMILES string of the molecule is C[C@@H](C(=O)OCC(=O)NC1CC1)N1C(=O)[C@H]2CC=CC[C@@H]2C1=O. The molecule has 2 fully saturated rings. The molecular weight excluding hydrogens is 300 g/mol. The maximum Gasteiger partial charge on any atom is 0.329 e. The molecule has 7 heteroatoms. The summed E-state index contributed by atoms with van der Waals surface area (Å²) in [7, 11) is 0. The van der Waals surface area contributed by atoms with Crippen LogP contribution in [-0.4, -0.2) is 47.3 Å². The number of carbonyl (C=O) groups excluding carboxylic acids is 4. The molecule has 0 bridgehead atoms. The lowest BCUT2D eigenvalue weighted by molar-refractivity contribution is -0.159. The summed E-state index contributed by atoms with van der Waals surface area (Å²) < 4.78 is 4.94. The fourth-order valence-corrected chi connectivity index (χ4v) is 3.07. The molecule has 0 aromatic rings. The maximum absolute atomic E-state index is 12.4. The second-order valence-corrected chi connectivity index (χ2v) is 6.33. The molecule has 7 nitrogen and oxygen atoms in total. The first-order valence-electron chi connectivity index (χ1n) is 7.97. The van der Waals surface area contributed by atoms with Crippen molar-refractivity contribution in [1.82, 2.24) is 10.2 Å². The Morgan fingerprint density at radius 1 is 1.22 bits per heavy atom. The average Bonchev–Trinajstić information content (AvgIpc) is 3.32. The van der Waals surface area contributed by atoms with E-state index in [1.807, 2.05) is 12.2 Å². The van der Waals surface area contributed by atoms with Gasteiger partial charge in [-0.15, -0.1) is 0 Å². The Hall–Kier alpha value is -2.18. The Morgan fingerprint density at radius 3 is 2.30 bits per heavy atom. The van der Waals surface area contributed by atoms with Crippen LogP contribution in [-0.2, 0) is 23.9 Å². The Morgan fingerprint density at radius 2 is 1.78 bits per heavy atom. The predicted molar refractivity (Wildman–Crippen MR) is 78.8 cm³/mol. The van der Waals surface area contributed by atoms with Crippen LogP contribution < -0.4 is 5.32 Å². The molecule has 3 amide bonds. The number of allylic oxidation sites excluding steroid dienone is 2. The lowest BCUT2D eigenvalue weighted by atomic mass is 9.85. The smallest absolute Gasteiger partial charge is 0.329 e. The van der Waals surface area contributed by atoms with Crippen molar-refractivity contribution >= 4 is 23.7 Å². The molecule has 2 aliphatic carbocycles. The normalized spacial score (nSPS) is 27.6. The molecule has 3 rings (SSSR count). The average molecular weight is 320 g/mol. The Bertz CT molecular complexity index is 555. The summed E-state index contributed by atoms with van der Waals surface area (Å²) in [5.41, 5.74) is 0. The zero-order chi connectivity index (χ0) is 16.6. The minimum Gasteiger partial charge on any atom is -0.454 e. The van der Waals surface area contributed by atoms with Gasteiger partial charge in [-0.05, 0) is 32.6 Å². The molecule has 1 saturated heterocycles. The van der Waals surface area contributed by atoms with Crippen molar-refractivity contribution in [2.75, 3.05) is 6.61 Å². The zero-order valence-electron chi connectivity index (χ0n) is 13.0. The fourth-order valence-electron chi connectivity index (χ4n) is 3.07. The van der Waals surface area contributed by atoms with Gasteiger partial charge in [0.2, 0.25) is 11.8 Å². The summed E-state index contributed by atoms with van der Waals surface area (Å²) in [6, 6.07) is -0.815. The molecule has 1 aliphatic heterocycles. The number of ether oxygens (including phenoxy) is 1. The molecule has 23 heavy (non-hydrogen) atoms. The molecule has 0 spiro atoms. The van der Waals surface area contributed by atoms with Gasteiger partial charge in [-0.1, -0.05) is 12.2 Å². The number of nitrogens with zero attached hydrogens (tertiary/aromatic N) is 1. The van der Waals surface area contributed by atoms with Gasteiger partial charge in [-0.25, -0.2) is 4.79 Å². The van der Waals surface area contributed by atoms with E-state index in [0.29, 0.717) is 12.8 Å². The van der Waals surface area contributed by atoms with Gasteiger partial charge in [-0.2, -0.15) is 0 Å². The number of imide groups is 1. The van der Waals surface area contributed by atoms with Gasteiger partial charge in [0.05, 0.1) is 11.8 Å². The Balaban J connectivity index is 1.57. The Kier molecular flexibility index (Phi) is 4.19. The molecule has 1 heterocycles. The van der Waals surface area contributed by atoms with Crippen molar-refractivity contribution < 1.29 is 23.9 Å². The van der Waals surface area contributed by atoms with Crippen LogP contribution in [0.25, 0.3) is 0 Å². The van der Waals surface area contributed by atoms with E-state index in [1.54, 1.807) is 0 Å². The highest BCUT2D eigenvalue weighted by Crippen LogP contribution is 2.36. The second-order valence-electron chi connectivity index (χ2n) is 6.33. The quantitative estimate of drug-likeness (QED) is 0.442. The summed E-state index contributed by atoms with van der Waals surface area (Å²) in [4.78, 5) is 49.3. The van der Waals surface area contributed by atoms with Crippen LogP contribution >= 0.6 is 0 Å². The molecule has 3 atom stereocenters. The Labute approximate surface area is 134 Å². The molecular formula is C16H20N2O5. The minimum atomic E-state index is -1.01. The van der Waals surface area contributed by atoms with E-state index < -0.39 is 12.0 Å². The first kappa shape index (κ1) is 15.7. The number of nitrogens with one attached hydrogen (secondary N) is 1. The number of carbonyl (C=O) groups is 4. The van der Waals surface area contributed by atoms with Gasteiger partial charge < -0.3 is 10.1 Å². The third-order valence-corrected chi connectivity index (χ3v) is 4.56. The zero-order valence-corrected chi connectivity index (χ0v) is 13.0. The topological polar surface area (TPSA) is 92.8 Å². The first-order chi connectivity index (χ1) is 11.0. The highest BCUT2D eigenvalue weighted by molar-refractivity contribution is 6.08. The molecule has 3 aliphatic rings. The van der Waals surface area contributed by atoms with Crippen molar-refractivity contribution in [3.05, 3.63) is 12.2 Å². The van der Waals surface area contributed by atoms with Crippen LogP contribution in [0.2, 0.25) is 0 Å². The van der Waals surface area contributed by atoms with Crippen molar-refractivity contribution in [2.24, 2.45) is 11.8 Å². The van der Waals surface area contributed by atoms with Gasteiger partial charge in [-0.3, -0.25) is 19.3 Å². The predicted octanol–water partition coefficient (Wildman–Crippen LogP) is 0.148. The molecule has 1 saturated carbocycles. The largest absolute Gasteiger partial charge is 0.454 e. The number of esters is 1. The molecule has 1 N–H and O–H groups in total. The minimum absolute atomic E-state index is 0.191. The summed E-state index contributed by atoms with van der Waals surface area (Å²) in [6.07, 6.45) is 6.73. The third-order valence-electron chi connectivity index (χ3n) is 4.56. The van der Waals surface area contributed by atoms with E-state index in [2.05, 4.69) is 5.32 Å². The van der Waals surface area contributed by atoms with E-state index >= 15 is 0 Å². The van der Waals surface area contributed by atoms with E-state index in [0.717, 1.165) is 17.7 Å². The fraction of sp³-hybridized carbons (Fsp3) is 0.625. The highest BCUT2D eigenvalue weighted by atomic mass is 16.5. The van der Waals surface area contributed by atoms with E-state index in [4.69, 9.17) is 4.74 Å². The number of rotatable bonds is 5. The summed E-state index contributed by atoms with van der Waals surface area (Å²) >= 11 is 0. The van der Waals surface area contributed by atoms with E-state index in [-0.39, 0.29) is 42.2 Å². The summed E-state index contributed by atoms with van der Waals surface area (Å²) in [6.45, 7) is 1.08. The standard InChI is InChI=1S/C16H20N2O5/c1-9(16(22)23-8-13(19)17-10-6-7-10)18-14(20)11-4-2-3-5-12(11)15(18)21/h2-3,9-12H,4-8H2,1H3,(H,17,19)/t9-,11-,12-/m0/s1. The summed E-state index contributed by atoms with van der Waals surface area (Å²) in [5.74, 6) is -2.48. The lowest BCUT2D eigenvalue weighted by Crippen LogP contribution is -2.45. The van der Waals surface area contributed by atoms with Gasteiger partial charge in [0, 0.05) is 6.04 Å². The van der Waals surface area contributed by atoms with Crippen LogP contribution in [0.5, 0.6) is 0 Å². The van der Waals surface area contributed by atoms with E-state index in [9.17, 15) is 19.2 Å². The number of fused-ring (bicyclic) bond motifs is 1. The highest BCUT2D eigenvalue weighted by Gasteiger charge is 2.50. The number of hydrogen-bond acceptors (Lipinski definition) is 5. The molecule has 0 unspecified atom stereocenters. The summed E-state index contributed by atoms with van der Waals surface area (Å²) in [5, 5.41) is 2.70. The molecule has 0 aromatic carbocycles. The van der Waals surface area contributed by atoms with Crippen molar-refractivity contribution in [2.45, 2.75) is 44.7 Å². The van der Waals surface area contributed by atoms with Crippen LogP contribution in [0.15, 0.2) is 12.2 Å². The maximum atomic E-state index is 12.4. The van der Waals surface area contributed by atoms with Crippen LogP contribution in [0.1, 0.15) is 32.6 Å². The van der Waals surface area contributed by atoms with Crippen molar-refractivity contribution in [1.29, 1.82) is 0 Å². The first-order valence-corrected chi connectivity index (χ1v) is 7.97. The second kappa shape index (κ2) is 6.14.